The second-order valence-electron chi connectivity index (χ2n) is 8.56. The summed E-state index contributed by atoms with van der Waals surface area (Å²) in [5.41, 5.74) is 2.40. The van der Waals surface area contributed by atoms with Crippen molar-refractivity contribution in [1.29, 1.82) is 0 Å². The van der Waals surface area contributed by atoms with E-state index in [1.807, 2.05) is 6.07 Å². The van der Waals surface area contributed by atoms with Crippen molar-refractivity contribution >= 4 is 74.8 Å². The first-order valence-corrected chi connectivity index (χ1v) is 14.4. The van der Waals surface area contributed by atoms with Gasteiger partial charge >= 0.3 is 5.97 Å². The van der Waals surface area contributed by atoms with Gasteiger partial charge in [0, 0.05) is 20.5 Å². The van der Waals surface area contributed by atoms with Gasteiger partial charge in [-0.05, 0) is 67.6 Å². The van der Waals surface area contributed by atoms with Gasteiger partial charge in [-0.1, -0.05) is 42.1 Å². The number of hydrogen-bond donors (Lipinski definition) is 2. The summed E-state index contributed by atoms with van der Waals surface area (Å²) in [6, 6.07) is 11.9. The Balaban J connectivity index is 1.41. The zero-order chi connectivity index (χ0) is 26.4. The molecule has 0 unspecified atom stereocenters. The maximum absolute atomic E-state index is 12.8. The fourth-order valence-electron chi connectivity index (χ4n) is 4.17. The molecule has 0 bridgehead atoms. The van der Waals surface area contributed by atoms with E-state index in [1.165, 1.54) is 42.7 Å². The number of fused-ring (bicyclic) bond motifs is 1. The molecule has 37 heavy (non-hydrogen) atoms. The Morgan fingerprint density at radius 1 is 1.00 bits per heavy atom. The molecule has 6 nitrogen and oxygen atoms in total. The van der Waals surface area contributed by atoms with Crippen LogP contribution in [-0.4, -0.2) is 30.6 Å². The monoisotopic (exact) mass is 576 g/mol. The number of carbonyl (C=O) groups excluding carboxylic acids is 3. The van der Waals surface area contributed by atoms with E-state index in [-0.39, 0.29) is 22.6 Å². The molecule has 1 heterocycles. The molecule has 3 aromatic rings. The quantitative estimate of drug-likeness (QED) is 0.225. The van der Waals surface area contributed by atoms with Gasteiger partial charge in [0.05, 0.1) is 29.0 Å². The lowest BCUT2D eigenvalue weighted by Crippen LogP contribution is -2.16. The van der Waals surface area contributed by atoms with Crippen molar-refractivity contribution in [2.24, 2.45) is 0 Å². The molecule has 194 valence electrons. The van der Waals surface area contributed by atoms with Crippen LogP contribution in [0.3, 0.4) is 0 Å². The van der Waals surface area contributed by atoms with Crippen LogP contribution < -0.4 is 10.6 Å². The summed E-state index contributed by atoms with van der Waals surface area (Å²) in [6.45, 7) is 0. The number of esters is 1. The first-order chi connectivity index (χ1) is 17.9. The molecule has 0 fully saturated rings. The molecule has 0 aliphatic heterocycles. The third-order valence-corrected chi connectivity index (χ3v) is 8.70. The van der Waals surface area contributed by atoms with Gasteiger partial charge in [0.2, 0.25) is 5.91 Å². The van der Waals surface area contributed by atoms with E-state index in [9.17, 15) is 14.4 Å². The minimum atomic E-state index is -0.412. The van der Waals surface area contributed by atoms with Crippen LogP contribution >= 0.6 is 46.3 Å². The molecule has 0 saturated heterocycles. The average Bonchev–Trinajstić information content (AvgIpc) is 3.18. The molecule has 0 atom stereocenters. The van der Waals surface area contributed by atoms with Crippen molar-refractivity contribution < 1.29 is 19.1 Å². The van der Waals surface area contributed by atoms with Crippen LogP contribution in [0, 0.1) is 0 Å². The van der Waals surface area contributed by atoms with Gasteiger partial charge in [0.25, 0.3) is 5.91 Å². The zero-order valence-corrected chi connectivity index (χ0v) is 23.3. The van der Waals surface area contributed by atoms with Gasteiger partial charge in [0.15, 0.2) is 0 Å². The van der Waals surface area contributed by atoms with E-state index in [0.717, 1.165) is 47.4 Å². The molecule has 1 aliphatic carbocycles. The Morgan fingerprint density at radius 3 is 2.54 bits per heavy atom. The summed E-state index contributed by atoms with van der Waals surface area (Å²) in [5.74, 6) is -0.842. The molecule has 2 N–H and O–H groups in total. The van der Waals surface area contributed by atoms with Crippen LogP contribution in [0.5, 0.6) is 0 Å². The molecule has 2 amide bonds. The van der Waals surface area contributed by atoms with Crippen molar-refractivity contribution in [3.8, 4) is 0 Å². The Morgan fingerprint density at radius 2 is 1.78 bits per heavy atom. The maximum Gasteiger partial charge on any atom is 0.341 e. The minimum Gasteiger partial charge on any atom is -0.465 e. The summed E-state index contributed by atoms with van der Waals surface area (Å²) < 4.78 is 5.04. The summed E-state index contributed by atoms with van der Waals surface area (Å²) in [6.07, 6.45) is 6.15. The summed E-state index contributed by atoms with van der Waals surface area (Å²) in [5, 5.41) is 7.03. The van der Waals surface area contributed by atoms with E-state index in [0.29, 0.717) is 26.8 Å². The van der Waals surface area contributed by atoms with Crippen molar-refractivity contribution in [2.75, 3.05) is 23.5 Å². The van der Waals surface area contributed by atoms with E-state index >= 15 is 0 Å². The number of ether oxygens (including phenoxy) is 1. The second-order valence-corrected chi connectivity index (χ2v) is 11.6. The zero-order valence-electron chi connectivity index (χ0n) is 20.2. The molecule has 0 spiro atoms. The molecule has 2 aromatic carbocycles. The Bertz CT molecular complexity index is 1330. The Labute approximate surface area is 234 Å². The van der Waals surface area contributed by atoms with Crippen LogP contribution in [0.15, 0.2) is 47.4 Å². The first-order valence-electron chi connectivity index (χ1n) is 11.9. The lowest BCUT2D eigenvalue weighted by atomic mass is 9.96. The van der Waals surface area contributed by atoms with Crippen LogP contribution in [0.1, 0.15) is 56.8 Å². The number of thiophene rings is 1. The number of benzene rings is 2. The van der Waals surface area contributed by atoms with Gasteiger partial charge in [-0.15, -0.1) is 23.1 Å². The molecule has 1 aromatic heterocycles. The van der Waals surface area contributed by atoms with Crippen molar-refractivity contribution in [1.82, 2.24) is 0 Å². The molecule has 4 rings (SSSR count). The van der Waals surface area contributed by atoms with E-state index in [1.54, 1.807) is 30.3 Å². The summed E-state index contributed by atoms with van der Waals surface area (Å²) >= 11 is 14.9. The standard InChI is InChI=1S/C27H26Cl2N2O4S2/c1-35-27(34)24-20-9-4-2-3-5-10-22(20)37-26(24)31-23(32)15-36-18-8-6-7-17(14-18)30-25(33)19-12-11-16(28)13-21(19)29/h6-8,11-14H,2-5,9-10,15H2,1H3,(H,30,33)(H,31,32). The van der Waals surface area contributed by atoms with E-state index in [4.69, 9.17) is 27.9 Å². The number of amides is 2. The number of rotatable bonds is 7. The van der Waals surface area contributed by atoms with Gasteiger partial charge in [0.1, 0.15) is 5.00 Å². The van der Waals surface area contributed by atoms with Crippen LogP contribution in [0.2, 0.25) is 10.0 Å². The smallest absolute Gasteiger partial charge is 0.341 e. The van der Waals surface area contributed by atoms with Crippen molar-refractivity contribution in [3.05, 3.63) is 74.1 Å². The number of methoxy groups -OCH3 is 1. The molecular formula is C27H26Cl2N2O4S2. The number of halogens is 2. The van der Waals surface area contributed by atoms with Crippen LogP contribution in [0.4, 0.5) is 10.7 Å². The number of nitrogens with one attached hydrogen (secondary N) is 2. The van der Waals surface area contributed by atoms with Crippen LogP contribution in [-0.2, 0) is 22.4 Å². The van der Waals surface area contributed by atoms with Crippen LogP contribution in [0.25, 0.3) is 0 Å². The second kappa shape index (κ2) is 12.8. The molecule has 0 radical (unpaired) electrons. The van der Waals surface area contributed by atoms with Crippen molar-refractivity contribution in [3.63, 3.8) is 0 Å². The third-order valence-electron chi connectivity index (χ3n) is 5.95. The maximum atomic E-state index is 12.8. The molecule has 0 saturated carbocycles. The Hall–Kier alpha value is -2.52. The topological polar surface area (TPSA) is 84.5 Å². The highest BCUT2D eigenvalue weighted by Gasteiger charge is 2.26. The number of anilines is 2. The van der Waals surface area contributed by atoms with Gasteiger partial charge in [-0.2, -0.15) is 0 Å². The minimum absolute atomic E-state index is 0.142. The number of thioether (sulfide) groups is 1. The Kier molecular flexibility index (Phi) is 9.54. The summed E-state index contributed by atoms with van der Waals surface area (Å²) in [7, 11) is 1.36. The first kappa shape index (κ1) is 27.5. The van der Waals surface area contributed by atoms with Gasteiger partial charge < -0.3 is 15.4 Å². The number of hydrogen-bond acceptors (Lipinski definition) is 6. The lowest BCUT2D eigenvalue weighted by molar-refractivity contribution is -0.113. The molecular weight excluding hydrogens is 551 g/mol. The molecule has 1 aliphatic rings. The SMILES string of the molecule is COC(=O)c1c(NC(=O)CSc2cccc(NC(=O)c3ccc(Cl)cc3Cl)c2)sc2c1CCCCCC2. The largest absolute Gasteiger partial charge is 0.465 e. The van der Waals surface area contributed by atoms with Gasteiger partial charge in [-0.3, -0.25) is 9.59 Å². The summed E-state index contributed by atoms with van der Waals surface area (Å²) in [4.78, 5) is 40.0. The predicted molar refractivity (Wildman–Crippen MR) is 152 cm³/mol. The molecule has 10 heteroatoms. The normalized spacial score (nSPS) is 13.2. The van der Waals surface area contributed by atoms with E-state index in [2.05, 4.69) is 10.6 Å². The number of carbonyl (C=O) groups is 3. The third kappa shape index (κ3) is 7.08. The lowest BCUT2D eigenvalue weighted by Gasteiger charge is -2.11. The highest BCUT2D eigenvalue weighted by Crippen LogP contribution is 2.37. The fourth-order valence-corrected chi connectivity index (χ4v) is 6.72. The number of aryl methyl sites for hydroxylation is 1. The highest BCUT2D eigenvalue weighted by atomic mass is 35.5. The average molecular weight is 578 g/mol. The predicted octanol–water partition coefficient (Wildman–Crippen LogP) is 7.48. The highest BCUT2D eigenvalue weighted by molar-refractivity contribution is 8.00. The van der Waals surface area contributed by atoms with Gasteiger partial charge in [-0.25, -0.2) is 4.79 Å². The van der Waals surface area contributed by atoms with E-state index < -0.39 is 5.97 Å². The van der Waals surface area contributed by atoms with Crippen molar-refractivity contribution in [2.45, 2.75) is 43.4 Å². The fraction of sp³-hybridized carbons (Fsp3) is 0.296.